The Kier molecular flexibility index (Phi) is 6.87. The Morgan fingerprint density at radius 3 is 2.53 bits per heavy atom. The van der Waals surface area contributed by atoms with Gasteiger partial charge < -0.3 is 5.32 Å². The lowest BCUT2D eigenvalue weighted by Gasteiger charge is -2.19. The number of nitrogens with zero attached hydrogens (tertiary/aromatic N) is 1. The molecule has 1 heterocycles. The first kappa shape index (κ1) is 14.2. The van der Waals surface area contributed by atoms with Crippen molar-refractivity contribution in [2.45, 2.75) is 52.5 Å². The van der Waals surface area contributed by atoms with Crippen molar-refractivity contribution in [2.24, 2.45) is 5.92 Å². The van der Waals surface area contributed by atoms with Crippen LogP contribution in [0, 0.1) is 5.92 Å². The van der Waals surface area contributed by atoms with Crippen molar-refractivity contribution in [3.05, 3.63) is 30.1 Å². The molecule has 0 bridgehead atoms. The van der Waals surface area contributed by atoms with Crippen LogP contribution in [0.15, 0.2) is 24.5 Å². The molecule has 0 aromatic carbocycles. The maximum atomic E-state index is 4.05. The van der Waals surface area contributed by atoms with E-state index in [0.717, 1.165) is 12.5 Å². The summed E-state index contributed by atoms with van der Waals surface area (Å²) in [5.74, 6) is 0.819. The lowest BCUT2D eigenvalue weighted by Crippen LogP contribution is -2.25. The number of unbranched alkanes of at least 4 members (excludes halogenated alkanes) is 1. The highest BCUT2D eigenvalue weighted by atomic mass is 14.9. The monoisotopic (exact) mass is 234 g/mol. The van der Waals surface area contributed by atoms with Gasteiger partial charge in [0.05, 0.1) is 0 Å². The van der Waals surface area contributed by atoms with Gasteiger partial charge in [0.15, 0.2) is 0 Å². The number of pyridine rings is 1. The van der Waals surface area contributed by atoms with Crippen LogP contribution >= 0.6 is 0 Å². The van der Waals surface area contributed by atoms with Crippen LogP contribution in [0.1, 0.15) is 58.1 Å². The zero-order valence-corrected chi connectivity index (χ0v) is 11.4. The molecule has 1 aromatic rings. The van der Waals surface area contributed by atoms with E-state index in [9.17, 15) is 0 Å². The third-order valence-corrected chi connectivity index (χ3v) is 3.46. The minimum Gasteiger partial charge on any atom is -0.310 e. The van der Waals surface area contributed by atoms with Crippen LogP contribution in [-0.2, 0) is 0 Å². The molecular formula is C15H26N2. The topological polar surface area (TPSA) is 24.9 Å². The van der Waals surface area contributed by atoms with Crippen LogP contribution in [0.25, 0.3) is 0 Å². The molecule has 17 heavy (non-hydrogen) atoms. The van der Waals surface area contributed by atoms with Crippen LogP contribution in [-0.4, -0.2) is 11.5 Å². The number of aromatic nitrogens is 1. The molecule has 1 rings (SSSR count). The summed E-state index contributed by atoms with van der Waals surface area (Å²) in [6.07, 6.45) is 9.00. The van der Waals surface area contributed by atoms with Crippen LogP contribution < -0.4 is 5.32 Å². The van der Waals surface area contributed by atoms with Crippen molar-refractivity contribution in [1.82, 2.24) is 10.3 Å². The van der Waals surface area contributed by atoms with E-state index in [2.05, 4.69) is 43.2 Å². The molecule has 2 atom stereocenters. The Balaban J connectivity index is 2.33. The number of hydrogen-bond donors (Lipinski definition) is 1. The molecule has 0 saturated carbocycles. The van der Waals surface area contributed by atoms with Gasteiger partial charge in [-0.1, -0.05) is 33.1 Å². The van der Waals surface area contributed by atoms with Gasteiger partial charge in [0, 0.05) is 18.4 Å². The van der Waals surface area contributed by atoms with E-state index in [4.69, 9.17) is 0 Å². The van der Waals surface area contributed by atoms with E-state index in [1.165, 1.54) is 31.2 Å². The van der Waals surface area contributed by atoms with Gasteiger partial charge in [-0.2, -0.15) is 0 Å². The molecule has 1 unspecified atom stereocenters. The third-order valence-electron chi connectivity index (χ3n) is 3.46. The standard InChI is InChI=1S/C15H26N2/c1-4-6-7-14(5-2)12-17-13(3)15-8-10-16-11-9-15/h8-11,13-14,17H,4-7,12H2,1-3H3/t13-,14?/m0/s1. The maximum Gasteiger partial charge on any atom is 0.0293 e. The smallest absolute Gasteiger partial charge is 0.0293 e. The first-order valence-corrected chi connectivity index (χ1v) is 6.91. The van der Waals surface area contributed by atoms with Crippen molar-refractivity contribution < 1.29 is 0 Å². The third kappa shape index (κ3) is 5.31. The second kappa shape index (κ2) is 8.24. The second-order valence-corrected chi connectivity index (χ2v) is 4.83. The predicted molar refractivity (Wildman–Crippen MR) is 74.0 cm³/mol. The van der Waals surface area contributed by atoms with Crippen LogP contribution in [0.5, 0.6) is 0 Å². The zero-order valence-electron chi connectivity index (χ0n) is 11.4. The van der Waals surface area contributed by atoms with Gasteiger partial charge in [-0.15, -0.1) is 0 Å². The first-order chi connectivity index (χ1) is 8.27. The number of hydrogen-bond acceptors (Lipinski definition) is 2. The first-order valence-electron chi connectivity index (χ1n) is 6.91. The molecule has 0 saturated heterocycles. The summed E-state index contributed by atoms with van der Waals surface area (Å²) in [5.41, 5.74) is 1.32. The fraction of sp³-hybridized carbons (Fsp3) is 0.667. The summed E-state index contributed by atoms with van der Waals surface area (Å²) < 4.78 is 0. The van der Waals surface area contributed by atoms with E-state index >= 15 is 0 Å². The van der Waals surface area contributed by atoms with Gasteiger partial charge >= 0.3 is 0 Å². The molecule has 1 N–H and O–H groups in total. The van der Waals surface area contributed by atoms with Crippen LogP contribution in [0.3, 0.4) is 0 Å². The van der Waals surface area contributed by atoms with E-state index in [-0.39, 0.29) is 0 Å². The van der Waals surface area contributed by atoms with Gasteiger partial charge in [0.1, 0.15) is 0 Å². The molecule has 0 amide bonds. The molecule has 0 spiro atoms. The summed E-state index contributed by atoms with van der Waals surface area (Å²) in [5, 5.41) is 3.63. The number of rotatable bonds is 8. The van der Waals surface area contributed by atoms with E-state index in [1.807, 2.05) is 12.4 Å². The molecule has 2 heteroatoms. The van der Waals surface area contributed by atoms with Crippen LogP contribution in [0.4, 0.5) is 0 Å². The summed E-state index contributed by atoms with van der Waals surface area (Å²) in [6, 6.07) is 4.60. The molecular weight excluding hydrogens is 208 g/mol. The quantitative estimate of drug-likeness (QED) is 0.736. The van der Waals surface area contributed by atoms with Gasteiger partial charge in [-0.25, -0.2) is 0 Å². The molecule has 2 nitrogen and oxygen atoms in total. The highest BCUT2D eigenvalue weighted by molar-refractivity contribution is 5.13. The Morgan fingerprint density at radius 2 is 1.94 bits per heavy atom. The Morgan fingerprint density at radius 1 is 1.24 bits per heavy atom. The average molecular weight is 234 g/mol. The lowest BCUT2D eigenvalue weighted by atomic mass is 9.98. The van der Waals surface area contributed by atoms with Crippen molar-refractivity contribution in [3.63, 3.8) is 0 Å². The molecule has 0 radical (unpaired) electrons. The summed E-state index contributed by atoms with van der Waals surface area (Å²) in [4.78, 5) is 4.05. The molecule has 0 fully saturated rings. The molecule has 0 aliphatic heterocycles. The van der Waals surface area contributed by atoms with Crippen molar-refractivity contribution in [3.8, 4) is 0 Å². The fourth-order valence-electron chi connectivity index (χ4n) is 2.06. The summed E-state index contributed by atoms with van der Waals surface area (Å²) >= 11 is 0. The Labute approximate surface area is 106 Å². The van der Waals surface area contributed by atoms with Crippen molar-refractivity contribution >= 4 is 0 Å². The molecule has 96 valence electrons. The highest BCUT2D eigenvalue weighted by Crippen LogP contribution is 2.15. The Bertz CT molecular complexity index is 284. The van der Waals surface area contributed by atoms with Gasteiger partial charge in [0.2, 0.25) is 0 Å². The fourth-order valence-corrected chi connectivity index (χ4v) is 2.06. The Hall–Kier alpha value is -0.890. The van der Waals surface area contributed by atoms with E-state index in [1.54, 1.807) is 0 Å². The maximum absolute atomic E-state index is 4.05. The largest absolute Gasteiger partial charge is 0.310 e. The molecule has 0 aliphatic carbocycles. The second-order valence-electron chi connectivity index (χ2n) is 4.83. The van der Waals surface area contributed by atoms with Crippen molar-refractivity contribution in [1.29, 1.82) is 0 Å². The van der Waals surface area contributed by atoms with Crippen molar-refractivity contribution in [2.75, 3.05) is 6.54 Å². The minimum atomic E-state index is 0.425. The van der Waals surface area contributed by atoms with E-state index < -0.39 is 0 Å². The minimum absolute atomic E-state index is 0.425. The number of nitrogens with one attached hydrogen (secondary N) is 1. The normalized spacial score (nSPS) is 14.5. The SMILES string of the molecule is CCCCC(CC)CN[C@@H](C)c1ccncc1. The average Bonchev–Trinajstić information content (AvgIpc) is 2.39. The zero-order chi connectivity index (χ0) is 12.5. The lowest BCUT2D eigenvalue weighted by molar-refractivity contribution is 0.398. The van der Waals surface area contributed by atoms with E-state index in [0.29, 0.717) is 6.04 Å². The van der Waals surface area contributed by atoms with Gasteiger partial charge in [-0.05, 0) is 43.5 Å². The molecule has 1 aromatic heterocycles. The van der Waals surface area contributed by atoms with Crippen LogP contribution in [0.2, 0.25) is 0 Å². The predicted octanol–water partition coefficient (Wildman–Crippen LogP) is 3.95. The summed E-state index contributed by atoms with van der Waals surface area (Å²) in [6.45, 7) is 7.90. The van der Waals surface area contributed by atoms with Gasteiger partial charge in [-0.3, -0.25) is 4.98 Å². The summed E-state index contributed by atoms with van der Waals surface area (Å²) in [7, 11) is 0. The molecule has 0 aliphatic rings. The van der Waals surface area contributed by atoms with Gasteiger partial charge in [0.25, 0.3) is 0 Å². The highest BCUT2D eigenvalue weighted by Gasteiger charge is 2.09.